The zero-order valence-corrected chi connectivity index (χ0v) is 20.3. The summed E-state index contributed by atoms with van der Waals surface area (Å²) in [7, 11) is 0. The fraction of sp³-hybridized carbons (Fsp3) is 0.318. The van der Waals surface area contributed by atoms with E-state index in [0.29, 0.717) is 42.1 Å². The van der Waals surface area contributed by atoms with Crippen molar-refractivity contribution < 1.29 is 18.7 Å². The minimum atomic E-state index is -1.17. The number of rotatable bonds is 6. The average Bonchev–Trinajstić information content (AvgIpc) is 3.32. The van der Waals surface area contributed by atoms with Crippen molar-refractivity contribution in [3.63, 3.8) is 0 Å². The van der Waals surface area contributed by atoms with E-state index in [4.69, 9.17) is 16.3 Å². The standard InChI is InChI=1S/C22H20ClFIN5O3/c23-19-4-2-1-3-18(19)22(25,13-30-27-14-26-28-30)33-21(32)29-11-9-16(10-12-29)20(31)15-5-7-17(24)8-6-15/h1-8,14,16H,9-13H2. The Balaban J connectivity index is 1.44. The predicted octanol–water partition coefficient (Wildman–Crippen LogP) is 4.49. The topological polar surface area (TPSA) is 90.2 Å². The van der Waals surface area contributed by atoms with Crippen LogP contribution in [0.2, 0.25) is 5.02 Å². The predicted molar refractivity (Wildman–Crippen MR) is 126 cm³/mol. The molecule has 8 nitrogen and oxygen atoms in total. The minimum absolute atomic E-state index is 0.0421. The molecule has 0 saturated carbocycles. The smallest absolute Gasteiger partial charge is 0.411 e. The van der Waals surface area contributed by atoms with Gasteiger partial charge >= 0.3 is 6.09 Å². The summed E-state index contributed by atoms with van der Waals surface area (Å²) in [5.41, 5.74) is 1.09. The van der Waals surface area contributed by atoms with Crippen LogP contribution in [-0.2, 0) is 14.9 Å². The maximum Gasteiger partial charge on any atom is 0.411 e. The summed E-state index contributed by atoms with van der Waals surface area (Å²) in [5, 5.41) is 12.1. The van der Waals surface area contributed by atoms with Crippen LogP contribution < -0.4 is 0 Å². The van der Waals surface area contributed by atoms with Crippen LogP contribution in [0.4, 0.5) is 9.18 Å². The summed E-state index contributed by atoms with van der Waals surface area (Å²) >= 11 is 8.44. The SMILES string of the molecule is O=C(c1ccc(F)cc1)C1CCN(C(=O)OC(I)(Cn2ncnn2)c2ccccc2Cl)CC1. The van der Waals surface area contributed by atoms with Gasteiger partial charge in [0.05, 0.1) is 0 Å². The van der Waals surface area contributed by atoms with E-state index in [1.807, 2.05) is 28.7 Å². The van der Waals surface area contributed by atoms with Crippen LogP contribution in [0.25, 0.3) is 0 Å². The van der Waals surface area contributed by atoms with Crippen molar-refractivity contribution in [2.24, 2.45) is 5.92 Å². The van der Waals surface area contributed by atoms with Crippen molar-refractivity contribution in [1.29, 1.82) is 0 Å². The maximum atomic E-state index is 13.1. The number of aromatic nitrogens is 4. The number of benzene rings is 2. The fourth-order valence-corrected chi connectivity index (χ4v) is 5.17. The number of Topliss-reactive ketones (excluding diaryl/α,β-unsaturated/α-hetero) is 1. The number of amides is 1. The highest BCUT2D eigenvalue weighted by molar-refractivity contribution is 14.1. The number of halogens is 3. The Hall–Kier alpha value is -2.60. The summed E-state index contributed by atoms with van der Waals surface area (Å²) in [6.45, 7) is 0.850. The van der Waals surface area contributed by atoms with E-state index in [1.165, 1.54) is 35.4 Å². The Bertz CT molecular complexity index is 1120. The Labute approximate surface area is 208 Å². The van der Waals surface area contributed by atoms with Crippen LogP contribution in [0.3, 0.4) is 0 Å². The Kier molecular flexibility index (Phi) is 7.23. The molecule has 1 amide bonds. The number of hydrogen-bond donors (Lipinski definition) is 0. The first-order valence-electron chi connectivity index (χ1n) is 10.3. The number of ether oxygens (including phenoxy) is 1. The minimum Gasteiger partial charge on any atom is -0.425 e. The number of ketones is 1. The highest BCUT2D eigenvalue weighted by Gasteiger charge is 2.39. The van der Waals surface area contributed by atoms with Crippen molar-refractivity contribution in [2.45, 2.75) is 23.0 Å². The van der Waals surface area contributed by atoms with E-state index in [1.54, 1.807) is 23.1 Å². The van der Waals surface area contributed by atoms with Gasteiger partial charge in [-0.1, -0.05) is 29.8 Å². The van der Waals surface area contributed by atoms with Gasteiger partial charge in [-0.15, -0.1) is 10.2 Å². The number of piperidine rings is 1. The fourth-order valence-electron chi connectivity index (χ4n) is 3.76. The van der Waals surface area contributed by atoms with Crippen molar-refractivity contribution >= 4 is 46.1 Å². The quantitative estimate of drug-likeness (QED) is 0.241. The van der Waals surface area contributed by atoms with Crippen LogP contribution in [0.5, 0.6) is 0 Å². The normalized spacial score (nSPS) is 16.3. The first-order valence-corrected chi connectivity index (χ1v) is 11.7. The van der Waals surface area contributed by atoms with E-state index in [9.17, 15) is 14.0 Å². The molecule has 3 aromatic rings. The third-order valence-electron chi connectivity index (χ3n) is 5.51. The van der Waals surface area contributed by atoms with Gasteiger partial charge in [-0.3, -0.25) is 4.79 Å². The van der Waals surface area contributed by atoms with Crippen LogP contribution in [-0.4, -0.2) is 50.1 Å². The van der Waals surface area contributed by atoms with E-state index in [-0.39, 0.29) is 24.1 Å². The summed E-state index contributed by atoms with van der Waals surface area (Å²) in [5.74, 6) is -0.655. The molecule has 2 aromatic carbocycles. The van der Waals surface area contributed by atoms with Crippen molar-refractivity contribution in [1.82, 2.24) is 25.1 Å². The zero-order valence-electron chi connectivity index (χ0n) is 17.4. The molecule has 1 aliphatic heterocycles. The van der Waals surface area contributed by atoms with Gasteiger partial charge < -0.3 is 9.64 Å². The van der Waals surface area contributed by atoms with Gasteiger partial charge in [-0.05, 0) is 71.0 Å². The van der Waals surface area contributed by atoms with Crippen molar-refractivity contribution in [2.75, 3.05) is 13.1 Å². The third-order valence-corrected chi connectivity index (χ3v) is 6.99. The van der Waals surface area contributed by atoms with Crippen LogP contribution in [0.15, 0.2) is 54.9 Å². The summed E-state index contributed by atoms with van der Waals surface area (Å²) in [6, 6.07) is 12.6. The molecule has 4 rings (SSSR count). The van der Waals surface area contributed by atoms with Gasteiger partial charge in [-0.2, -0.15) is 4.80 Å². The Morgan fingerprint density at radius 3 is 2.48 bits per heavy atom. The zero-order chi connectivity index (χ0) is 23.4. The van der Waals surface area contributed by atoms with Gasteiger partial charge in [0.2, 0.25) is 3.61 Å². The molecule has 0 bridgehead atoms. The largest absolute Gasteiger partial charge is 0.425 e. The second-order valence-electron chi connectivity index (χ2n) is 7.67. The average molecular weight is 584 g/mol. The number of carbonyl (C=O) groups is 2. The van der Waals surface area contributed by atoms with Gasteiger partial charge in [0.1, 0.15) is 12.4 Å². The highest BCUT2D eigenvalue weighted by atomic mass is 127. The molecule has 1 aromatic heterocycles. The summed E-state index contributed by atoms with van der Waals surface area (Å²) in [6.07, 6.45) is 1.78. The first kappa shape index (κ1) is 23.6. The van der Waals surface area contributed by atoms with Gasteiger partial charge in [-0.25, -0.2) is 9.18 Å². The van der Waals surface area contributed by atoms with E-state index in [0.717, 1.165) is 0 Å². The molecular weight excluding hydrogens is 564 g/mol. The lowest BCUT2D eigenvalue weighted by atomic mass is 9.89. The van der Waals surface area contributed by atoms with Gasteiger partial charge in [0.15, 0.2) is 12.1 Å². The number of likely N-dealkylation sites (tertiary alicyclic amines) is 1. The molecule has 172 valence electrons. The highest BCUT2D eigenvalue weighted by Crippen LogP contribution is 2.40. The Morgan fingerprint density at radius 1 is 1.15 bits per heavy atom. The summed E-state index contributed by atoms with van der Waals surface area (Å²) < 4.78 is 17.9. The molecule has 0 N–H and O–H groups in total. The lowest BCUT2D eigenvalue weighted by Gasteiger charge is -2.34. The van der Waals surface area contributed by atoms with E-state index in [2.05, 4.69) is 15.4 Å². The van der Waals surface area contributed by atoms with Crippen LogP contribution in [0.1, 0.15) is 28.8 Å². The molecule has 1 aliphatic rings. The molecule has 11 heteroatoms. The monoisotopic (exact) mass is 583 g/mol. The van der Waals surface area contributed by atoms with Gasteiger partial charge in [0.25, 0.3) is 0 Å². The van der Waals surface area contributed by atoms with Crippen LogP contribution >= 0.6 is 34.2 Å². The van der Waals surface area contributed by atoms with Crippen molar-refractivity contribution in [3.8, 4) is 0 Å². The third kappa shape index (κ3) is 5.49. The number of alkyl halides is 1. The maximum absolute atomic E-state index is 13.1. The molecule has 1 fully saturated rings. The molecule has 0 radical (unpaired) electrons. The lowest BCUT2D eigenvalue weighted by molar-refractivity contribution is 0.0318. The first-order chi connectivity index (χ1) is 15.9. The number of carbonyl (C=O) groups excluding carboxylic acids is 2. The second-order valence-corrected chi connectivity index (χ2v) is 9.82. The number of hydrogen-bond acceptors (Lipinski definition) is 6. The molecule has 1 saturated heterocycles. The number of nitrogens with zero attached hydrogens (tertiary/aromatic N) is 5. The second kappa shape index (κ2) is 10.1. The molecule has 0 aliphatic carbocycles. The molecule has 1 atom stereocenters. The van der Waals surface area contributed by atoms with Crippen LogP contribution in [0, 0.1) is 11.7 Å². The molecule has 33 heavy (non-hydrogen) atoms. The van der Waals surface area contributed by atoms with E-state index >= 15 is 0 Å². The summed E-state index contributed by atoms with van der Waals surface area (Å²) in [4.78, 5) is 28.7. The van der Waals surface area contributed by atoms with E-state index < -0.39 is 9.70 Å². The molecule has 1 unspecified atom stereocenters. The molecular formula is C22H20ClFIN5O3. The molecule has 0 spiro atoms. The number of tetrazole rings is 1. The lowest BCUT2D eigenvalue weighted by Crippen LogP contribution is -2.44. The Morgan fingerprint density at radius 2 is 1.85 bits per heavy atom. The molecule has 2 heterocycles. The van der Waals surface area contributed by atoms with Crippen molar-refractivity contribution in [3.05, 3.63) is 76.8 Å². The van der Waals surface area contributed by atoms with Gasteiger partial charge in [0, 0.05) is 35.2 Å².